The van der Waals surface area contributed by atoms with E-state index in [4.69, 9.17) is 0 Å². The number of phenols is 1. The number of aromatic hydroxyl groups is 1. The number of benzene rings is 2. The van der Waals surface area contributed by atoms with Crippen LogP contribution in [0.2, 0.25) is 0 Å². The molecular formula is C15H16O2S. The summed E-state index contributed by atoms with van der Waals surface area (Å²) in [7, 11) is -1.20. The van der Waals surface area contributed by atoms with E-state index in [2.05, 4.69) is 0 Å². The largest absolute Gasteiger partial charge is 0.507 e. The van der Waals surface area contributed by atoms with Crippen molar-refractivity contribution in [1.82, 2.24) is 0 Å². The van der Waals surface area contributed by atoms with Gasteiger partial charge in [-0.1, -0.05) is 17.7 Å². The van der Waals surface area contributed by atoms with Crippen LogP contribution in [-0.4, -0.2) is 9.32 Å². The highest BCUT2D eigenvalue weighted by atomic mass is 32.2. The minimum absolute atomic E-state index is 0.277. The van der Waals surface area contributed by atoms with E-state index in [1.54, 1.807) is 12.1 Å². The highest BCUT2D eigenvalue weighted by Gasteiger charge is 2.10. The van der Waals surface area contributed by atoms with Gasteiger partial charge in [-0.15, -0.1) is 0 Å². The molecule has 94 valence electrons. The zero-order valence-electron chi connectivity index (χ0n) is 10.7. The number of rotatable bonds is 2. The van der Waals surface area contributed by atoms with Gasteiger partial charge in [-0.3, -0.25) is 0 Å². The first-order chi connectivity index (χ1) is 8.49. The Balaban J connectivity index is 2.43. The third kappa shape index (κ3) is 2.46. The van der Waals surface area contributed by atoms with E-state index in [0.29, 0.717) is 0 Å². The molecule has 1 unspecified atom stereocenters. The Labute approximate surface area is 110 Å². The standard InChI is InChI=1S/C15H16O2S/c1-10-4-6-13(7-5-10)18(17)14-8-11(2)15(16)12(3)9-14/h4-9,16H,1-3H3. The first-order valence-corrected chi connectivity index (χ1v) is 6.92. The van der Waals surface area contributed by atoms with Gasteiger partial charge in [-0.05, 0) is 56.2 Å². The van der Waals surface area contributed by atoms with Crippen molar-refractivity contribution in [2.45, 2.75) is 30.6 Å². The summed E-state index contributed by atoms with van der Waals surface area (Å²) >= 11 is 0. The summed E-state index contributed by atoms with van der Waals surface area (Å²) in [6.07, 6.45) is 0. The van der Waals surface area contributed by atoms with Gasteiger partial charge in [0.05, 0.1) is 10.8 Å². The van der Waals surface area contributed by atoms with Gasteiger partial charge in [0.2, 0.25) is 0 Å². The van der Waals surface area contributed by atoms with Gasteiger partial charge >= 0.3 is 0 Å². The molecule has 0 aliphatic carbocycles. The Morgan fingerprint density at radius 1 is 0.889 bits per heavy atom. The third-order valence-corrected chi connectivity index (χ3v) is 4.28. The van der Waals surface area contributed by atoms with E-state index in [1.165, 1.54) is 0 Å². The molecule has 2 aromatic rings. The Kier molecular flexibility index (Phi) is 3.53. The second-order valence-corrected chi connectivity index (χ2v) is 5.97. The quantitative estimate of drug-likeness (QED) is 0.897. The molecule has 0 aliphatic heterocycles. The fraction of sp³-hybridized carbons (Fsp3) is 0.200. The molecule has 0 heterocycles. The molecule has 0 amide bonds. The highest BCUT2D eigenvalue weighted by molar-refractivity contribution is 7.85. The minimum atomic E-state index is -1.20. The normalized spacial score (nSPS) is 12.4. The number of hydrogen-bond acceptors (Lipinski definition) is 2. The predicted molar refractivity (Wildman–Crippen MR) is 73.4 cm³/mol. The molecule has 0 saturated carbocycles. The monoisotopic (exact) mass is 260 g/mol. The Morgan fingerprint density at radius 3 is 1.89 bits per heavy atom. The lowest BCUT2D eigenvalue weighted by Crippen LogP contribution is -1.95. The van der Waals surface area contributed by atoms with Crippen LogP contribution in [-0.2, 0) is 10.8 Å². The highest BCUT2D eigenvalue weighted by Crippen LogP contribution is 2.26. The first-order valence-electron chi connectivity index (χ1n) is 5.77. The van der Waals surface area contributed by atoms with Crippen molar-refractivity contribution in [2.24, 2.45) is 0 Å². The SMILES string of the molecule is Cc1ccc(S(=O)c2cc(C)c(O)c(C)c2)cc1. The van der Waals surface area contributed by atoms with Crippen LogP contribution in [0.5, 0.6) is 5.75 Å². The number of aryl methyl sites for hydroxylation is 3. The van der Waals surface area contributed by atoms with Crippen LogP contribution in [0.25, 0.3) is 0 Å². The topological polar surface area (TPSA) is 37.3 Å². The van der Waals surface area contributed by atoms with E-state index in [1.807, 2.05) is 45.0 Å². The molecule has 0 aliphatic rings. The van der Waals surface area contributed by atoms with Crippen LogP contribution in [0, 0.1) is 20.8 Å². The molecule has 0 fully saturated rings. The van der Waals surface area contributed by atoms with E-state index < -0.39 is 10.8 Å². The molecule has 2 nitrogen and oxygen atoms in total. The second kappa shape index (κ2) is 4.94. The zero-order chi connectivity index (χ0) is 13.3. The molecule has 0 bridgehead atoms. The van der Waals surface area contributed by atoms with Crippen LogP contribution in [0.3, 0.4) is 0 Å². The van der Waals surface area contributed by atoms with Gasteiger partial charge in [-0.25, -0.2) is 4.21 Å². The van der Waals surface area contributed by atoms with Crippen LogP contribution in [0.4, 0.5) is 0 Å². The molecule has 3 heteroatoms. The molecule has 2 aromatic carbocycles. The molecule has 1 atom stereocenters. The smallest absolute Gasteiger partial charge is 0.121 e. The van der Waals surface area contributed by atoms with Crippen molar-refractivity contribution >= 4 is 10.8 Å². The lowest BCUT2D eigenvalue weighted by atomic mass is 10.1. The maximum atomic E-state index is 12.4. The second-order valence-electron chi connectivity index (χ2n) is 4.49. The first kappa shape index (κ1) is 12.8. The van der Waals surface area contributed by atoms with Crippen LogP contribution >= 0.6 is 0 Å². The molecule has 1 N–H and O–H groups in total. The van der Waals surface area contributed by atoms with Crippen LogP contribution in [0.1, 0.15) is 16.7 Å². The summed E-state index contributed by atoms with van der Waals surface area (Å²) < 4.78 is 12.4. The summed E-state index contributed by atoms with van der Waals surface area (Å²) in [6, 6.07) is 11.2. The summed E-state index contributed by atoms with van der Waals surface area (Å²) in [4.78, 5) is 1.51. The van der Waals surface area contributed by atoms with E-state index >= 15 is 0 Å². The summed E-state index contributed by atoms with van der Waals surface area (Å²) in [5.41, 5.74) is 2.66. The Bertz CT molecular complexity index is 577. The molecule has 0 saturated heterocycles. The molecule has 0 spiro atoms. The third-order valence-electron chi connectivity index (χ3n) is 2.91. The Morgan fingerprint density at radius 2 is 1.39 bits per heavy atom. The van der Waals surface area contributed by atoms with Gasteiger partial charge in [-0.2, -0.15) is 0 Å². The maximum absolute atomic E-state index is 12.4. The molecule has 0 aromatic heterocycles. The lowest BCUT2D eigenvalue weighted by Gasteiger charge is -2.08. The van der Waals surface area contributed by atoms with E-state index in [9.17, 15) is 9.32 Å². The molecular weight excluding hydrogens is 244 g/mol. The lowest BCUT2D eigenvalue weighted by molar-refractivity contribution is 0.466. The minimum Gasteiger partial charge on any atom is -0.507 e. The summed E-state index contributed by atoms with van der Waals surface area (Å²) in [5, 5.41) is 9.72. The maximum Gasteiger partial charge on any atom is 0.121 e. The van der Waals surface area contributed by atoms with Crippen molar-refractivity contribution in [3.8, 4) is 5.75 Å². The molecule has 0 radical (unpaired) electrons. The van der Waals surface area contributed by atoms with Crippen LogP contribution in [0.15, 0.2) is 46.2 Å². The average molecular weight is 260 g/mol. The number of hydrogen-bond donors (Lipinski definition) is 1. The van der Waals surface area contributed by atoms with Gasteiger partial charge in [0.1, 0.15) is 5.75 Å². The van der Waals surface area contributed by atoms with Crippen LogP contribution < -0.4 is 0 Å². The van der Waals surface area contributed by atoms with Crippen molar-refractivity contribution < 1.29 is 9.32 Å². The van der Waals surface area contributed by atoms with Crippen molar-refractivity contribution in [3.63, 3.8) is 0 Å². The van der Waals surface area contributed by atoms with Gasteiger partial charge in [0.15, 0.2) is 0 Å². The van der Waals surface area contributed by atoms with Crippen molar-refractivity contribution in [3.05, 3.63) is 53.1 Å². The van der Waals surface area contributed by atoms with Crippen molar-refractivity contribution in [2.75, 3.05) is 0 Å². The summed E-state index contributed by atoms with van der Waals surface area (Å²) in [5.74, 6) is 0.277. The van der Waals surface area contributed by atoms with Gasteiger partial charge < -0.3 is 5.11 Å². The fourth-order valence-electron chi connectivity index (χ4n) is 1.82. The Hall–Kier alpha value is -1.61. The van der Waals surface area contributed by atoms with E-state index in [0.717, 1.165) is 26.5 Å². The summed E-state index contributed by atoms with van der Waals surface area (Å²) in [6.45, 7) is 5.64. The van der Waals surface area contributed by atoms with E-state index in [-0.39, 0.29) is 5.75 Å². The van der Waals surface area contributed by atoms with Crippen molar-refractivity contribution in [1.29, 1.82) is 0 Å². The predicted octanol–water partition coefficient (Wildman–Crippen LogP) is 3.48. The van der Waals surface area contributed by atoms with Gasteiger partial charge in [0.25, 0.3) is 0 Å². The van der Waals surface area contributed by atoms with Gasteiger partial charge in [0, 0.05) is 9.79 Å². The molecule has 18 heavy (non-hydrogen) atoms. The molecule has 2 rings (SSSR count). The zero-order valence-corrected chi connectivity index (χ0v) is 11.5. The average Bonchev–Trinajstić information content (AvgIpc) is 2.35. The number of phenolic OH excluding ortho intramolecular Hbond substituents is 1. The fourth-order valence-corrected chi connectivity index (χ4v) is 3.04.